The predicted octanol–water partition coefficient (Wildman–Crippen LogP) is 4.24. The van der Waals surface area contributed by atoms with E-state index in [1.54, 1.807) is 12.1 Å². The van der Waals surface area contributed by atoms with Gasteiger partial charge >= 0.3 is 0 Å². The molecule has 1 fully saturated rings. The van der Waals surface area contributed by atoms with Crippen LogP contribution in [0.5, 0.6) is 0 Å². The minimum absolute atomic E-state index is 0.169. The van der Waals surface area contributed by atoms with E-state index < -0.39 is 24.1 Å². The maximum absolute atomic E-state index is 12.3. The Morgan fingerprint density at radius 2 is 1.37 bits per heavy atom. The van der Waals surface area contributed by atoms with Crippen LogP contribution in [-0.2, 0) is 44.6 Å². The summed E-state index contributed by atoms with van der Waals surface area (Å²) in [5.41, 5.74) is 9.98. The minimum atomic E-state index is -1.93. The average Bonchev–Trinajstić information content (AvgIpc) is 3.57. The maximum atomic E-state index is 12.3. The summed E-state index contributed by atoms with van der Waals surface area (Å²) in [6.07, 6.45) is -0.915. The Morgan fingerprint density at radius 1 is 0.780 bits per heavy atom. The summed E-state index contributed by atoms with van der Waals surface area (Å²) in [7, 11) is 0. The molecule has 0 amide bonds. The van der Waals surface area contributed by atoms with Crippen LogP contribution >= 0.6 is 0 Å². The number of benzene rings is 3. The quantitative estimate of drug-likeness (QED) is 0.250. The lowest BCUT2D eigenvalue weighted by atomic mass is 10.0. The largest absolute Gasteiger partial charge is 0.382 e. The van der Waals surface area contributed by atoms with Crippen LogP contribution in [-0.4, -0.2) is 44.6 Å². The molecule has 0 saturated carbocycles. The molecule has 4 atom stereocenters. The molecule has 41 heavy (non-hydrogen) atoms. The highest BCUT2D eigenvalue weighted by atomic mass is 16.7. The fraction of sp³-hybridized carbons (Fsp3) is 0.250. The number of hydrogen-bond donors (Lipinski definition) is 2. The molecule has 6 rings (SSSR count). The summed E-state index contributed by atoms with van der Waals surface area (Å²) in [6, 6.07) is 33.0. The first-order valence-electron chi connectivity index (χ1n) is 13.5. The molecule has 1 aliphatic heterocycles. The van der Waals surface area contributed by atoms with Crippen LogP contribution < -0.4 is 5.73 Å². The molecule has 0 bridgehead atoms. The van der Waals surface area contributed by atoms with Crippen LogP contribution in [0.4, 0.5) is 5.82 Å². The van der Waals surface area contributed by atoms with Gasteiger partial charge in [-0.1, -0.05) is 91.0 Å². The molecule has 5 aromatic rings. The molecule has 1 aliphatic rings. The van der Waals surface area contributed by atoms with Gasteiger partial charge in [0.15, 0.2) is 5.82 Å². The molecule has 1 saturated heterocycles. The molecule has 3 aromatic carbocycles. The van der Waals surface area contributed by atoms with Crippen LogP contribution in [0.25, 0.3) is 5.52 Å². The van der Waals surface area contributed by atoms with Crippen molar-refractivity contribution in [2.75, 3.05) is 12.3 Å². The van der Waals surface area contributed by atoms with E-state index >= 15 is 0 Å². The van der Waals surface area contributed by atoms with Crippen molar-refractivity contribution in [2.45, 2.75) is 43.9 Å². The van der Waals surface area contributed by atoms with Gasteiger partial charge in [0.25, 0.3) is 0 Å². The van der Waals surface area contributed by atoms with E-state index in [4.69, 9.17) is 24.7 Å². The number of hydrogen-bond acceptors (Lipinski definition) is 8. The van der Waals surface area contributed by atoms with Crippen LogP contribution in [0.3, 0.4) is 0 Å². The van der Waals surface area contributed by atoms with Gasteiger partial charge in [0.2, 0.25) is 5.79 Å². The Hall–Kier alpha value is -4.12. The normalized spacial score (nSPS) is 22.3. The van der Waals surface area contributed by atoms with Gasteiger partial charge in [0.05, 0.1) is 26.4 Å². The summed E-state index contributed by atoms with van der Waals surface area (Å²) in [4.78, 5) is 4.07. The lowest BCUT2D eigenvalue weighted by Crippen LogP contribution is -2.45. The average molecular weight is 553 g/mol. The summed E-state index contributed by atoms with van der Waals surface area (Å²) in [5.74, 6) is -1.64. The lowest BCUT2D eigenvalue weighted by molar-refractivity contribution is -0.255. The topological polar surface area (TPSA) is 113 Å². The van der Waals surface area contributed by atoms with Crippen molar-refractivity contribution < 1.29 is 24.1 Å². The van der Waals surface area contributed by atoms with Crippen molar-refractivity contribution in [2.24, 2.45) is 0 Å². The van der Waals surface area contributed by atoms with Gasteiger partial charge in [-0.05, 0) is 28.8 Å². The molecule has 210 valence electrons. The summed E-state index contributed by atoms with van der Waals surface area (Å²) < 4.78 is 27.0. The Kier molecular flexibility index (Phi) is 8.04. The molecule has 0 radical (unpaired) electrons. The molecule has 0 aliphatic carbocycles. The van der Waals surface area contributed by atoms with E-state index in [2.05, 4.69) is 10.1 Å². The van der Waals surface area contributed by atoms with Gasteiger partial charge in [0, 0.05) is 0 Å². The second-order valence-corrected chi connectivity index (χ2v) is 9.99. The number of aromatic nitrogens is 3. The van der Waals surface area contributed by atoms with E-state index in [1.165, 1.54) is 10.8 Å². The zero-order chi connectivity index (χ0) is 28.1. The summed E-state index contributed by atoms with van der Waals surface area (Å²) in [6.45, 7) is 1.09. The number of nitrogens with zero attached hydrogens (tertiary/aromatic N) is 3. The molecule has 0 spiro atoms. The molecular weight excluding hydrogens is 520 g/mol. The number of ether oxygens (including phenoxy) is 4. The van der Waals surface area contributed by atoms with E-state index in [0.29, 0.717) is 24.4 Å². The Bertz CT molecular complexity index is 1550. The molecule has 0 unspecified atom stereocenters. The van der Waals surface area contributed by atoms with Gasteiger partial charge < -0.3 is 29.8 Å². The van der Waals surface area contributed by atoms with Crippen LogP contribution in [0.2, 0.25) is 0 Å². The Labute approximate surface area is 238 Å². The van der Waals surface area contributed by atoms with Crippen LogP contribution in [0.1, 0.15) is 22.4 Å². The van der Waals surface area contributed by atoms with Crippen molar-refractivity contribution in [1.29, 1.82) is 0 Å². The smallest absolute Gasteiger partial charge is 0.240 e. The second kappa shape index (κ2) is 12.2. The maximum Gasteiger partial charge on any atom is 0.240 e. The first kappa shape index (κ1) is 27.1. The van der Waals surface area contributed by atoms with Gasteiger partial charge in [0.1, 0.15) is 35.8 Å². The van der Waals surface area contributed by atoms with Crippen LogP contribution in [0, 0.1) is 0 Å². The van der Waals surface area contributed by atoms with Gasteiger partial charge in [-0.2, -0.15) is 5.10 Å². The number of anilines is 1. The second-order valence-electron chi connectivity index (χ2n) is 9.99. The van der Waals surface area contributed by atoms with Gasteiger partial charge in [-0.15, -0.1) is 0 Å². The molecular formula is C32H32N4O5. The fourth-order valence-corrected chi connectivity index (χ4v) is 5.14. The summed E-state index contributed by atoms with van der Waals surface area (Å²) >= 11 is 0. The van der Waals surface area contributed by atoms with E-state index in [9.17, 15) is 5.11 Å². The number of nitrogen functional groups attached to an aromatic ring is 1. The first-order valence-corrected chi connectivity index (χ1v) is 13.5. The monoisotopic (exact) mass is 552 g/mol. The van der Waals surface area contributed by atoms with Gasteiger partial charge in [-0.3, -0.25) is 0 Å². The third-order valence-corrected chi connectivity index (χ3v) is 7.18. The van der Waals surface area contributed by atoms with Gasteiger partial charge in [-0.25, -0.2) is 9.50 Å². The third kappa shape index (κ3) is 5.85. The summed E-state index contributed by atoms with van der Waals surface area (Å²) in [5, 5.41) is 16.7. The Morgan fingerprint density at radius 3 is 2.00 bits per heavy atom. The van der Waals surface area contributed by atoms with Crippen molar-refractivity contribution in [3.8, 4) is 0 Å². The highest BCUT2D eigenvalue weighted by Gasteiger charge is 2.58. The first-order chi connectivity index (χ1) is 20.1. The lowest BCUT2D eigenvalue weighted by Gasteiger charge is -2.30. The number of fused-ring (bicyclic) bond motifs is 1. The molecule has 3 N–H and O–H groups in total. The highest BCUT2D eigenvalue weighted by molar-refractivity contribution is 5.65. The zero-order valence-corrected chi connectivity index (χ0v) is 22.5. The third-order valence-electron chi connectivity index (χ3n) is 7.18. The number of aliphatic hydroxyl groups is 1. The van der Waals surface area contributed by atoms with E-state index in [-0.39, 0.29) is 19.0 Å². The standard InChI is InChI=1S/C32H32N4O5/c33-31-26-16-17-28(36(26)35-22-34-31)32(37)30(40-20-25-14-8-3-9-15-25)29(39-19-24-12-6-2-7-13-24)27(41-32)21-38-18-23-10-4-1-5-11-23/h1-17,22,27,29-30,37H,18-21H2,(H2,33,34,35)/t27-,29+,30+,32+/m0/s1. The van der Waals surface area contributed by atoms with Crippen molar-refractivity contribution in [3.63, 3.8) is 0 Å². The number of rotatable bonds is 11. The van der Waals surface area contributed by atoms with Crippen molar-refractivity contribution in [1.82, 2.24) is 14.6 Å². The predicted molar refractivity (Wildman–Crippen MR) is 152 cm³/mol. The molecule has 9 heteroatoms. The number of nitrogens with two attached hydrogens (primary N) is 1. The fourth-order valence-electron chi connectivity index (χ4n) is 5.14. The Balaban J connectivity index is 1.33. The van der Waals surface area contributed by atoms with E-state index in [0.717, 1.165) is 16.7 Å². The van der Waals surface area contributed by atoms with Crippen LogP contribution in [0.15, 0.2) is 109 Å². The minimum Gasteiger partial charge on any atom is -0.382 e. The molecule has 3 heterocycles. The van der Waals surface area contributed by atoms with E-state index in [1.807, 2.05) is 91.0 Å². The molecule has 2 aromatic heterocycles. The zero-order valence-electron chi connectivity index (χ0n) is 22.5. The van der Waals surface area contributed by atoms with Crippen molar-refractivity contribution in [3.05, 3.63) is 132 Å². The SMILES string of the molecule is Nc1ncnn2c([C@@]3(O)O[C@@H](COCc4ccccc4)[C@@H](OCc4ccccc4)[C@H]3OCc3ccccc3)ccc12. The van der Waals surface area contributed by atoms with Crippen molar-refractivity contribution >= 4 is 11.3 Å². The molecule has 9 nitrogen and oxygen atoms in total. The highest BCUT2D eigenvalue weighted by Crippen LogP contribution is 2.42.